The predicted molar refractivity (Wildman–Crippen MR) is 79.2 cm³/mol. The topological polar surface area (TPSA) is 41.3 Å². The van der Waals surface area contributed by atoms with Crippen molar-refractivity contribution >= 4 is 23.0 Å². The summed E-state index contributed by atoms with van der Waals surface area (Å²) in [4.78, 5) is 2.40. The Hall–Kier alpha value is -0.930. The van der Waals surface area contributed by atoms with Crippen molar-refractivity contribution in [1.29, 1.82) is 0 Å². The van der Waals surface area contributed by atoms with Crippen molar-refractivity contribution in [2.45, 2.75) is 19.3 Å². The highest BCUT2D eigenvalue weighted by atomic mass is 35.5. The van der Waals surface area contributed by atoms with Crippen molar-refractivity contribution in [3.63, 3.8) is 0 Å². The van der Waals surface area contributed by atoms with Crippen LogP contribution >= 0.6 is 11.6 Å². The summed E-state index contributed by atoms with van der Waals surface area (Å²) < 4.78 is 0. The Labute approximate surface area is 114 Å². The van der Waals surface area contributed by atoms with Crippen molar-refractivity contribution in [3.8, 4) is 0 Å². The molecule has 0 radical (unpaired) electrons. The first-order valence-electron chi connectivity index (χ1n) is 6.62. The molecule has 3 nitrogen and oxygen atoms in total. The molecular formula is C14H22ClN3. The van der Waals surface area contributed by atoms with E-state index in [-0.39, 0.29) is 0 Å². The van der Waals surface area contributed by atoms with Crippen LogP contribution in [0, 0.1) is 5.92 Å². The molecule has 18 heavy (non-hydrogen) atoms. The summed E-state index contributed by atoms with van der Waals surface area (Å²) in [7, 11) is 2.20. The molecule has 4 heteroatoms. The molecule has 1 aliphatic heterocycles. The quantitative estimate of drug-likeness (QED) is 0.824. The van der Waals surface area contributed by atoms with E-state index in [1.165, 1.54) is 32.4 Å². The third-order valence-electron chi connectivity index (χ3n) is 3.70. The van der Waals surface area contributed by atoms with Crippen molar-refractivity contribution < 1.29 is 0 Å². The maximum absolute atomic E-state index is 6.12. The number of halogens is 1. The third kappa shape index (κ3) is 3.79. The molecule has 1 aromatic carbocycles. The highest BCUT2D eigenvalue weighted by Crippen LogP contribution is 2.25. The largest absolute Gasteiger partial charge is 0.399 e. The van der Waals surface area contributed by atoms with Gasteiger partial charge in [0, 0.05) is 12.2 Å². The molecule has 0 saturated carbocycles. The van der Waals surface area contributed by atoms with Crippen molar-refractivity contribution in [2.24, 2.45) is 5.92 Å². The van der Waals surface area contributed by atoms with Gasteiger partial charge < -0.3 is 16.0 Å². The molecule has 2 rings (SSSR count). The van der Waals surface area contributed by atoms with Crippen molar-refractivity contribution in [2.75, 3.05) is 37.7 Å². The molecule has 0 spiro atoms. The number of nitrogens with one attached hydrogen (secondary N) is 1. The Bertz CT molecular complexity index is 387. The van der Waals surface area contributed by atoms with Gasteiger partial charge in [0.25, 0.3) is 0 Å². The van der Waals surface area contributed by atoms with E-state index < -0.39 is 0 Å². The molecular weight excluding hydrogens is 246 g/mol. The maximum Gasteiger partial charge on any atom is 0.0657 e. The van der Waals surface area contributed by atoms with E-state index in [1.807, 2.05) is 12.1 Å². The highest BCUT2D eigenvalue weighted by molar-refractivity contribution is 6.33. The van der Waals surface area contributed by atoms with Crippen molar-refractivity contribution in [3.05, 3.63) is 23.2 Å². The van der Waals surface area contributed by atoms with Crippen LogP contribution in [-0.2, 0) is 0 Å². The second-order valence-electron chi connectivity index (χ2n) is 5.20. The standard InChI is InChI=1S/C14H22ClN3/c1-18-8-5-11(6-9-18)4-7-17-14-3-2-12(16)10-13(14)15/h2-3,10-11,17H,4-9,16H2,1H3. The van der Waals surface area contributed by atoms with Crippen LogP contribution in [-0.4, -0.2) is 31.6 Å². The lowest BCUT2D eigenvalue weighted by atomic mass is 9.94. The molecule has 0 bridgehead atoms. The summed E-state index contributed by atoms with van der Waals surface area (Å²) >= 11 is 6.12. The second kappa shape index (κ2) is 6.30. The molecule has 0 amide bonds. The number of hydrogen-bond acceptors (Lipinski definition) is 3. The van der Waals surface area contributed by atoms with Gasteiger partial charge in [0.05, 0.1) is 10.7 Å². The average molecular weight is 268 g/mol. The number of anilines is 2. The number of piperidine rings is 1. The number of rotatable bonds is 4. The van der Waals surface area contributed by atoms with E-state index in [9.17, 15) is 0 Å². The van der Waals surface area contributed by atoms with Gasteiger partial charge in [0.1, 0.15) is 0 Å². The van der Waals surface area contributed by atoms with Crippen molar-refractivity contribution in [1.82, 2.24) is 4.90 Å². The van der Waals surface area contributed by atoms with Crippen LogP contribution in [0.15, 0.2) is 18.2 Å². The molecule has 0 unspecified atom stereocenters. The Kier molecular flexibility index (Phi) is 4.72. The first-order chi connectivity index (χ1) is 8.65. The zero-order valence-electron chi connectivity index (χ0n) is 11.0. The number of likely N-dealkylation sites (tertiary alicyclic amines) is 1. The molecule has 100 valence electrons. The minimum atomic E-state index is 0.707. The first kappa shape index (κ1) is 13.5. The fourth-order valence-corrected chi connectivity index (χ4v) is 2.69. The lowest BCUT2D eigenvalue weighted by Gasteiger charge is -2.29. The van der Waals surface area contributed by atoms with E-state index in [1.54, 1.807) is 6.07 Å². The molecule has 1 saturated heterocycles. The number of nitrogen functional groups attached to an aromatic ring is 1. The second-order valence-corrected chi connectivity index (χ2v) is 5.61. The SMILES string of the molecule is CN1CCC(CCNc2ccc(N)cc2Cl)CC1. The monoisotopic (exact) mass is 267 g/mol. The van der Waals surface area contributed by atoms with E-state index in [2.05, 4.69) is 17.3 Å². The summed E-state index contributed by atoms with van der Waals surface area (Å²) in [6.07, 6.45) is 3.84. The molecule has 1 fully saturated rings. The predicted octanol–water partition coefficient (Wildman–Crippen LogP) is 3.07. The summed E-state index contributed by atoms with van der Waals surface area (Å²) in [5.41, 5.74) is 7.36. The average Bonchev–Trinajstić information content (AvgIpc) is 2.34. The van der Waals surface area contributed by atoms with Gasteiger partial charge in [0.15, 0.2) is 0 Å². The Morgan fingerprint density at radius 3 is 2.78 bits per heavy atom. The van der Waals surface area contributed by atoms with E-state index in [0.717, 1.165) is 18.2 Å². The minimum absolute atomic E-state index is 0.707. The van der Waals surface area contributed by atoms with Gasteiger partial charge in [-0.25, -0.2) is 0 Å². The minimum Gasteiger partial charge on any atom is -0.399 e. The smallest absolute Gasteiger partial charge is 0.0657 e. The number of nitrogens with zero attached hydrogens (tertiary/aromatic N) is 1. The van der Waals surface area contributed by atoms with Crippen LogP contribution in [0.1, 0.15) is 19.3 Å². The number of benzene rings is 1. The van der Waals surface area contributed by atoms with Gasteiger partial charge in [-0.1, -0.05) is 11.6 Å². The first-order valence-corrected chi connectivity index (χ1v) is 7.00. The van der Waals surface area contributed by atoms with Gasteiger partial charge >= 0.3 is 0 Å². The van der Waals surface area contributed by atoms with Crippen LogP contribution in [0.3, 0.4) is 0 Å². The molecule has 1 heterocycles. The fourth-order valence-electron chi connectivity index (χ4n) is 2.44. The summed E-state index contributed by atoms with van der Waals surface area (Å²) in [6.45, 7) is 3.44. The van der Waals surface area contributed by atoms with Gasteiger partial charge in [0.2, 0.25) is 0 Å². The third-order valence-corrected chi connectivity index (χ3v) is 4.01. The molecule has 0 aliphatic carbocycles. The number of nitrogens with two attached hydrogens (primary N) is 1. The normalized spacial score (nSPS) is 17.9. The van der Waals surface area contributed by atoms with Gasteiger partial charge in [-0.3, -0.25) is 0 Å². The van der Waals surface area contributed by atoms with E-state index in [0.29, 0.717) is 10.7 Å². The lowest BCUT2D eigenvalue weighted by Crippen LogP contribution is -2.30. The lowest BCUT2D eigenvalue weighted by molar-refractivity contribution is 0.215. The Morgan fingerprint density at radius 2 is 2.11 bits per heavy atom. The van der Waals surface area contributed by atoms with Crippen LogP contribution in [0.5, 0.6) is 0 Å². The van der Waals surface area contributed by atoms with Gasteiger partial charge in [-0.2, -0.15) is 0 Å². The van der Waals surface area contributed by atoms with Crippen LogP contribution in [0.2, 0.25) is 5.02 Å². The van der Waals surface area contributed by atoms with Crippen LogP contribution < -0.4 is 11.1 Å². The van der Waals surface area contributed by atoms with E-state index in [4.69, 9.17) is 17.3 Å². The fraction of sp³-hybridized carbons (Fsp3) is 0.571. The summed E-state index contributed by atoms with van der Waals surface area (Å²) in [5, 5.41) is 4.10. The molecule has 1 aliphatic rings. The molecule has 3 N–H and O–H groups in total. The summed E-state index contributed by atoms with van der Waals surface area (Å²) in [6, 6.07) is 5.62. The molecule has 0 aromatic heterocycles. The number of hydrogen-bond donors (Lipinski definition) is 2. The van der Waals surface area contributed by atoms with Gasteiger partial charge in [-0.15, -0.1) is 0 Å². The van der Waals surface area contributed by atoms with Gasteiger partial charge in [-0.05, 0) is 63.5 Å². The maximum atomic E-state index is 6.12. The zero-order valence-corrected chi connectivity index (χ0v) is 11.7. The Morgan fingerprint density at radius 1 is 1.39 bits per heavy atom. The summed E-state index contributed by atoms with van der Waals surface area (Å²) in [5.74, 6) is 0.848. The molecule has 0 atom stereocenters. The Balaban J connectivity index is 1.75. The van der Waals surface area contributed by atoms with E-state index >= 15 is 0 Å². The van der Waals surface area contributed by atoms with Crippen LogP contribution in [0.4, 0.5) is 11.4 Å². The van der Waals surface area contributed by atoms with Crippen LogP contribution in [0.25, 0.3) is 0 Å². The molecule has 1 aromatic rings. The zero-order chi connectivity index (χ0) is 13.0. The highest BCUT2D eigenvalue weighted by Gasteiger charge is 2.15.